The van der Waals surface area contributed by atoms with Crippen LogP contribution in [0, 0.1) is 11.7 Å². The zero-order valence-corrected chi connectivity index (χ0v) is 12.6. The molecule has 1 aliphatic heterocycles. The van der Waals surface area contributed by atoms with Gasteiger partial charge in [0.05, 0.1) is 18.1 Å². The lowest BCUT2D eigenvalue weighted by Gasteiger charge is -2.31. The topological polar surface area (TPSA) is 33.5 Å². The lowest BCUT2D eigenvalue weighted by Crippen LogP contribution is -3.17. The summed E-state index contributed by atoms with van der Waals surface area (Å²) in [6.07, 6.45) is 2.32. The van der Waals surface area contributed by atoms with Crippen LogP contribution < -0.4 is 10.2 Å². The summed E-state index contributed by atoms with van der Waals surface area (Å²) in [5.74, 6) is 0.232. The quantitative estimate of drug-likeness (QED) is 0.881. The average Bonchev–Trinajstić information content (AvgIpc) is 2.43. The number of anilines is 1. The van der Waals surface area contributed by atoms with Gasteiger partial charge in [-0.1, -0.05) is 18.5 Å². The van der Waals surface area contributed by atoms with Crippen molar-refractivity contribution in [2.75, 3.05) is 18.4 Å². The highest BCUT2D eigenvalue weighted by Crippen LogP contribution is 2.19. The Morgan fingerprint density at radius 2 is 2.10 bits per heavy atom. The second-order valence-electron chi connectivity index (χ2n) is 5.68. The van der Waals surface area contributed by atoms with E-state index in [4.69, 9.17) is 11.6 Å². The van der Waals surface area contributed by atoms with Crippen molar-refractivity contribution >= 4 is 23.2 Å². The van der Waals surface area contributed by atoms with Gasteiger partial charge in [-0.2, -0.15) is 0 Å². The second kappa shape index (κ2) is 6.55. The summed E-state index contributed by atoms with van der Waals surface area (Å²) in [5.41, 5.74) is 0.540. The molecule has 1 aromatic carbocycles. The maximum Gasteiger partial charge on any atom is 0.282 e. The zero-order chi connectivity index (χ0) is 14.7. The van der Waals surface area contributed by atoms with Gasteiger partial charge in [0, 0.05) is 5.69 Å². The number of rotatable bonds is 3. The Hall–Kier alpha value is -1.13. The van der Waals surface area contributed by atoms with Gasteiger partial charge >= 0.3 is 0 Å². The maximum atomic E-state index is 13.1. The molecular weight excluding hydrogens is 279 g/mol. The minimum atomic E-state index is -0.478. The van der Waals surface area contributed by atoms with Crippen LogP contribution in [-0.4, -0.2) is 25.0 Å². The van der Waals surface area contributed by atoms with Gasteiger partial charge in [0.1, 0.15) is 5.82 Å². The predicted molar refractivity (Wildman–Crippen MR) is 78.6 cm³/mol. The highest BCUT2D eigenvalue weighted by Gasteiger charge is 2.28. The van der Waals surface area contributed by atoms with E-state index in [-0.39, 0.29) is 17.0 Å². The summed E-state index contributed by atoms with van der Waals surface area (Å²) >= 11 is 5.71. The van der Waals surface area contributed by atoms with Crippen LogP contribution in [0.25, 0.3) is 0 Å². The smallest absolute Gasteiger partial charge is 0.282 e. The van der Waals surface area contributed by atoms with Crippen LogP contribution >= 0.6 is 11.6 Å². The first-order chi connectivity index (χ1) is 9.47. The van der Waals surface area contributed by atoms with Crippen LogP contribution in [-0.2, 0) is 4.79 Å². The first-order valence-electron chi connectivity index (χ1n) is 7.08. The van der Waals surface area contributed by atoms with E-state index >= 15 is 0 Å². The first-order valence-corrected chi connectivity index (χ1v) is 7.45. The van der Waals surface area contributed by atoms with Crippen LogP contribution in [0.4, 0.5) is 10.1 Å². The number of carbonyl (C=O) groups is 1. The van der Waals surface area contributed by atoms with Gasteiger partial charge in [-0.3, -0.25) is 4.79 Å². The van der Waals surface area contributed by atoms with Crippen molar-refractivity contribution in [2.24, 2.45) is 5.92 Å². The molecule has 1 amide bonds. The van der Waals surface area contributed by atoms with Crippen molar-refractivity contribution in [3.8, 4) is 0 Å². The number of hydrogen-bond acceptors (Lipinski definition) is 1. The summed E-state index contributed by atoms with van der Waals surface area (Å²) < 4.78 is 13.1. The van der Waals surface area contributed by atoms with Gasteiger partial charge in [0.15, 0.2) is 6.04 Å². The number of piperidine rings is 1. The Morgan fingerprint density at radius 1 is 1.45 bits per heavy atom. The number of halogens is 2. The van der Waals surface area contributed by atoms with Gasteiger partial charge in [0.2, 0.25) is 0 Å². The molecule has 1 aliphatic rings. The number of quaternary nitrogens is 1. The fraction of sp³-hybridized carbons (Fsp3) is 0.533. The Morgan fingerprint density at radius 3 is 2.70 bits per heavy atom. The first kappa shape index (κ1) is 15.3. The van der Waals surface area contributed by atoms with Crippen molar-refractivity contribution < 1.29 is 14.1 Å². The van der Waals surface area contributed by atoms with E-state index in [0.717, 1.165) is 31.8 Å². The number of benzene rings is 1. The molecule has 0 spiro atoms. The normalized spacial score (nSPS) is 24.2. The van der Waals surface area contributed by atoms with Gasteiger partial charge in [-0.05, 0) is 43.9 Å². The van der Waals surface area contributed by atoms with Gasteiger partial charge < -0.3 is 10.2 Å². The lowest BCUT2D eigenvalue weighted by atomic mass is 9.98. The molecule has 2 N–H and O–H groups in total. The molecule has 1 aromatic rings. The molecule has 1 heterocycles. The Labute approximate surface area is 124 Å². The third-order valence-corrected chi connectivity index (χ3v) is 4.40. The van der Waals surface area contributed by atoms with Crippen LogP contribution in [0.3, 0.4) is 0 Å². The number of carbonyl (C=O) groups excluding carboxylic acids is 1. The third-order valence-electron chi connectivity index (χ3n) is 4.11. The van der Waals surface area contributed by atoms with Crippen molar-refractivity contribution in [1.82, 2.24) is 0 Å². The molecule has 0 saturated carbocycles. The van der Waals surface area contributed by atoms with Gasteiger partial charge in [-0.25, -0.2) is 4.39 Å². The van der Waals surface area contributed by atoms with Crippen LogP contribution in [0.1, 0.15) is 26.7 Å². The number of hydrogen-bond donors (Lipinski definition) is 2. The molecule has 0 unspecified atom stereocenters. The van der Waals surface area contributed by atoms with E-state index in [1.165, 1.54) is 23.1 Å². The fourth-order valence-corrected chi connectivity index (χ4v) is 2.76. The monoisotopic (exact) mass is 299 g/mol. The molecule has 0 radical (unpaired) electrons. The fourth-order valence-electron chi connectivity index (χ4n) is 2.58. The van der Waals surface area contributed by atoms with E-state index in [1.807, 2.05) is 6.92 Å². The van der Waals surface area contributed by atoms with E-state index in [0.29, 0.717) is 5.69 Å². The molecule has 0 aromatic heterocycles. The average molecular weight is 300 g/mol. The predicted octanol–water partition coefficient (Wildman–Crippen LogP) is 2.12. The largest absolute Gasteiger partial charge is 0.325 e. The Kier molecular flexibility index (Phi) is 5.00. The molecular formula is C15H21ClFN2O+. The zero-order valence-electron chi connectivity index (χ0n) is 11.9. The van der Waals surface area contributed by atoms with E-state index < -0.39 is 5.82 Å². The third kappa shape index (κ3) is 3.70. The number of amides is 1. The minimum Gasteiger partial charge on any atom is -0.325 e. The lowest BCUT2D eigenvalue weighted by molar-refractivity contribution is -0.919. The van der Waals surface area contributed by atoms with Crippen LogP contribution in [0.2, 0.25) is 5.02 Å². The van der Waals surface area contributed by atoms with E-state index in [1.54, 1.807) is 0 Å². The van der Waals surface area contributed by atoms with E-state index in [9.17, 15) is 9.18 Å². The summed E-state index contributed by atoms with van der Waals surface area (Å²) in [6, 6.07) is 4.12. The molecule has 1 fully saturated rings. The SMILES string of the molecule is CC1CC[NH+]([C@@H](C)C(=O)Nc2ccc(F)c(Cl)c2)CC1. The van der Waals surface area contributed by atoms with Gasteiger partial charge in [-0.15, -0.1) is 0 Å². The van der Waals surface area contributed by atoms with E-state index in [2.05, 4.69) is 12.2 Å². The number of nitrogens with one attached hydrogen (secondary N) is 2. The molecule has 2 rings (SSSR count). The van der Waals surface area contributed by atoms with Crippen LogP contribution in [0.15, 0.2) is 18.2 Å². The summed E-state index contributed by atoms with van der Waals surface area (Å²) in [4.78, 5) is 13.5. The molecule has 20 heavy (non-hydrogen) atoms. The standard InChI is InChI=1S/C15H20ClFN2O/c1-10-5-7-19(8-6-10)11(2)15(20)18-12-3-4-14(17)13(16)9-12/h3-4,9-11H,5-8H2,1-2H3,(H,18,20)/p+1/t11-/m0/s1. The summed E-state index contributed by atoms with van der Waals surface area (Å²) in [7, 11) is 0. The van der Waals surface area contributed by atoms with Crippen molar-refractivity contribution in [3.63, 3.8) is 0 Å². The Bertz CT molecular complexity index is 487. The summed E-state index contributed by atoms with van der Waals surface area (Å²) in [6.45, 7) is 6.24. The van der Waals surface area contributed by atoms with Crippen molar-refractivity contribution in [1.29, 1.82) is 0 Å². The van der Waals surface area contributed by atoms with Gasteiger partial charge in [0.25, 0.3) is 5.91 Å². The molecule has 1 atom stereocenters. The number of likely N-dealkylation sites (tertiary alicyclic amines) is 1. The molecule has 5 heteroatoms. The summed E-state index contributed by atoms with van der Waals surface area (Å²) in [5, 5.41) is 2.83. The maximum absolute atomic E-state index is 13.1. The highest BCUT2D eigenvalue weighted by molar-refractivity contribution is 6.31. The van der Waals surface area contributed by atoms with Crippen LogP contribution in [0.5, 0.6) is 0 Å². The molecule has 3 nitrogen and oxygen atoms in total. The second-order valence-corrected chi connectivity index (χ2v) is 6.09. The molecule has 0 aliphatic carbocycles. The molecule has 1 saturated heterocycles. The highest BCUT2D eigenvalue weighted by atomic mass is 35.5. The minimum absolute atomic E-state index is 0.0228. The molecule has 0 bridgehead atoms. The Balaban J connectivity index is 1.95. The van der Waals surface area contributed by atoms with Crippen molar-refractivity contribution in [3.05, 3.63) is 29.0 Å². The van der Waals surface area contributed by atoms with Crippen molar-refractivity contribution in [2.45, 2.75) is 32.7 Å². The molecule has 110 valence electrons.